The Hall–Kier alpha value is -4.06. The monoisotopic (exact) mass is 495 g/mol. The van der Waals surface area contributed by atoms with E-state index in [4.69, 9.17) is 24.9 Å². The van der Waals surface area contributed by atoms with Crippen molar-refractivity contribution in [2.45, 2.75) is 18.9 Å². The molecule has 4 aromatic rings. The average molecular weight is 496 g/mol. The molecule has 0 saturated carbocycles. The summed E-state index contributed by atoms with van der Waals surface area (Å²) in [5.74, 6) is 2.91. The van der Waals surface area contributed by atoms with Gasteiger partial charge in [0.2, 0.25) is 17.6 Å². The molecule has 0 bridgehead atoms. The number of nitrogens with two attached hydrogens (primary N) is 1. The zero-order valence-electron chi connectivity index (χ0n) is 19.5. The molecule has 5 rings (SSSR count). The lowest BCUT2D eigenvalue weighted by molar-refractivity contribution is -0.119. The van der Waals surface area contributed by atoms with E-state index in [9.17, 15) is 4.79 Å². The minimum atomic E-state index is -0.403. The molecule has 1 aromatic carbocycles. The van der Waals surface area contributed by atoms with E-state index >= 15 is 0 Å². The quantitative estimate of drug-likeness (QED) is 0.379. The lowest BCUT2D eigenvalue weighted by atomic mass is 10.2. The number of carbonyl (C=O) groups is 1. The molecule has 1 atom stereocenters. The third-order valence-electron chi connectivity index (χ3n) is 5.93. The summed E-state index contributed by atoms with van der Waals surface area (Å²) < 4.78 is 18.2. The van der Waals surface area contributed by atoms with Crippen LogP contribution in [0.1, 0.15) is 12.8 Å². The fourth-order valence-electron chi connectivity index (χ4n) is 4.24. The number of amides is 1. The van der Waals surface area contributed by atoms with Gasteiger partial charge in [-0.1, -0.05) is 0 Å². The number of nitrogens with zero attached hydrogens (tertiary/aromatic N) is 5. The van der Waals surface area contributed by atoms with Gasteiger partial charge < -0.3 is 34.7 Å². The Morgan fingerprint density at radius 3 is 2.63 bits per heavy atom. The number of benzene rings is 1. The summed E-state index contributed by atoms with van der Waals surface area (Å²) >= 11 is 1.51. The fourth-order valence-corrected chi connectivity index (χ4v) is 5.00. The van der Waals surface area contributed by atoms with E-state index in [1.807, 2.05) is 39.2 Å². The Labute approximate surface area is 205 Å². The number of fused-ring (bicyclic) bond motifs is 1. The second kappa shape index (κ2) is 9.29. The SMILES string of the molecule is COc1cc(-n2cnc(Nc3nc(N4CCC[C@H]4C(N)=O)nc4sccc34)c2)cc(OC)c1OC. The van der Waals surface area contributed by atoms with Crippen LogP contribution in [-0.4, -0.2) is 59.3 Å². The van der Waals surface area contributed by atoms with Gasteiger partial charge in [0.15, 0.2) is 11.5 Å². The third kappa shape index (κ3) is 4.16. The summed E-state index contributed by atoms with van der Waals surface area (Å²) in [5.41, 5.74) is 6.39. The van der Waals surface area contributed by atoms with E-state index in [-0.39, 0.29) is 5.91 Å². The van der Waals surface area contributed by atoms with Crippen LogP contribution >= 0.6 is 11.3 Å². The number of hydrogen-bond donors (Lipinski definition) is 2. The molecule has 0 unspecified atom stereocenters. The van der Waals surface area contributed by atoms with Crippen LogP contribution < -0.4 is 30.2 Å². The maximum Gasteiger partial charge on any atom is 0.240 e. The predicted octanol–water partition coefficient (Wildman–Crippen LogP) is 3.10. The Morgan fingerprint density at radius 2 is 1.94 bits per heavy atom. The van der Waals surface area contributed by atoms with E-state index in [1.165, 1.54) is 11.3 Å². The summed E-state index contributed by atoms with van der Waals surface area (Å²) in [4.78, 5) is 28.5. The molecule has 0 radical (unpaired) electrons. The van der Waals surface area contributed by atoms with Gasteiger partial charge in [-0.2, -0.15) is 4.98 Å². The van der Waals surface area contributed by atoms with Crippen LogP contribution in [0.2, 0.25) is 0 Å². The number of primary amides is 1. The maximum atomic E-state index is 11.9. The molecule has 182 valence electrons. The Morgan fingerprint density at radius 1 is 1.17 bits per heavy atom. The predicted molar refractivity (Wildman–Crippen MR) is 133 cm³/mol. The van der Waals surface area contributed by atoms with Crippen LogP contribution in [0, 0.1) is 0 Å². The number of hydrogen-bond acceptors (Lipinski definition) is 10. The minimum Gasteiger partial charge on any atom is -0.493 e. The first kappa shape index (κ1) is 22.7. The van der Waals surface area contributed by atoms with Crippen LogP contribution in [-0.2, 0) is 4.79 Å². The van der Waals surface area contributed by atoms with Gasteiger partial charge in [0.25, 0.3) is 0 Å². The zero-order chi connectivity index (χ0) is 24.5. The second-order valence-electron chi connectivity index (χ2n) is 7.94. The van der Waals surface area contributed by atoms with Gasteiger partial charge in [0, 0.05) is 18.7 Å². The number of thiophene rings is 1. The Balaban J connectivity index is 1.48. The fraction of sp³-hybridized carbons (Fsp3) is 0.304. The summed E-state index contributed by atoms with van der Waals surface area (Å²) in [6.07, 6.45) is 5.08. The van der Waals surface area contributed by atoms with Crippen LogP contribution in [0.15, 0.2) is 36.1 Å². The van der Waals surface area contributed by atoms with Gasteiger partial charge >= 0.3 is 0 Å². The molecular formula is C23H25N7O4S. The first-order valence-corrected chi connectivity index (χ1v) is 11.8. The highest BCUT2D eigenvalue weighted by molar-refractivity contribution is 7.16. The highest BCUT2D eigenvalue weighted by Gasteiger charge is 2.31. The minimum absolute atomic E-state index is 0.365. The average Bonchev–Trinajstić information content (AvgIpc) is 3.63. The van der Waals surface area contributed by atoms with Crippen molar-refractivity contribution in [2.24, 2.45) is 5.73 Å². The largest absolute Gasteiger partial charge is 0.493 e. The van der Waals surface area contributed by atoms with Crippen LogP contribution in [0.25, 0.3) is 15.9 Å². The van der Waals surface area contributed by atoms with Crippen LogP contribution in [0.5, 0.6) is 17.2 Å². The molecular weight excluding hydrogens is 470 g/mol. The van der Waals surface area contributed by atoms with Crippen molar-refractivity contribution < 1.29 is 19.0 Å². The number of imidazole rings is 1. The smallest absolute Gasteiger partial charge is 0.240 e. The molecule has 3 N–H and O–H groups in total. The van der Waals surface area contributed by atoms with Crippen LogP contribution in [0.4, 0.5) is 17.6 Å². The molecule has 3 aromatic heterocycles. The molecule has 0 aliphatic carbocycles. The van der Waals surface area contributed by atoms with Crippen molar-refractivity contribution in [2.75, 3.05) is 38.1 Å². The summed E-state index contributed by atoms with van der Waals surface area (Å²) in [7, 11) is 4.71. The van der Waals surface area contributed by atoms with Gasteiger partial charge in [-0.15, -0.1) is 11.3 Å². The summed E-state index contributed by atoms with van der Waals surface area (Å²) in [6, 6.07) is 5.23. The number of rotatable bonds is 8. The molecule has 1 saturated heterocycles. The topological polar surface area (TPSA) is 130 Å². The lowest BCUT2D eigenvalue weighted by Gasteiger charge is -2.22. The highest BCUT2D eigenvalue weighted by Crippen LogP contribution is 2.39. The van der Waals surface area contributed by atoms with Crippen molar-refractivity contribution in [1.82, 2.24) is 19.5 Å². The second-order valence-corrected chi connectivity index (χ2v) is 8.83. The van der Waals surface area contributed by atoms with Crippen molar-refractivity contribution in [1.29, 1.82) is 0 Å². The van der Waals surface area contributed by atoms with E-state index in [1.54, 1.807) is 27.7 Å². The van der Waals surface area contributed by atoms with E-state index in [2.05, 4.69) is 15.3 Å². The van der Waals surface area contributed by atoms with Crippen molar-refractivity contribution in [3.8, 4) is 22.9 Å². The number of nitrogens with one attached hydrogen (secondary N) is 1. The van der Waals surface area contributed by atoms with Crippen molar-refractivity contribution in [3.05, 3.63) is 36.1 Å². The van der Waals surface area contributed by atoms with Gasteiger partial charge in [0.05, 0.1) is 38.6 Å². The first-order valence-electron chi connectivity index (χ1n) is 10.9. The maximum absolute atomic E-state index is 11.9. The standard InChI is InChI=1S/C23H25N7O4S/c1-32-16-9-13(10-17(33-2)19(16)34-3)29-11-18(25-12-29)26-21-14-6-8-35-22(14)28-23(27-21)30-7-4-5-15(30)20(24)31/h6,8-12,15H,4-5,7H2,1-3H3,(H2,24,31)(H,26,27,28)/t15-/m0/s1. The summed E-state index contributed by atoms with van der Waals surface area (Å²) in [5, 5.41) is 6.13. The lowest BCUT2D eigenvalue weighted by Crippen LogP contribution is -2.41. The van der Waals surface area contributed by atoms with Gasteiger partial charge in [-0.25, -0.2) is 9.97 Å². The molecule has 12 heteroatoms. The molecule has 0 spiro atoms. The third-order valence-corrected chi connectivity index (χ3v) is 6.73. The Bertz CT molecular complexity index is 1360. The number of ether oxygens (including phenoxy) is 3. The van der Waals surface area contributed by atoms with E-state index in [0.29, 0.717) is 47.8 Å². The van der Waals surface area contributed by atoms with Crippen molar-refractivity contribution in [3.63, 3.8) is 0 Å². The molecule has 1 fully saturated rings. The van der Waals surface area contributed by atoms with Gasteiger partial charge in [-0.3, -0.25) is 4.79 Å². The molecule has 1 amide bonds. The Kier molecular flexibility index (Phi) is 6.03. The number of carbonyl (C=O) groups excluding carboxylic acids is 1. The van der Waals surface area contributed by atoms with Crippen LogP contribution in [0.3, 0.4) is 0 Å². The number of methoxy groups -OCH3 is 3. The highest BCUT2D eigenvalue weighted by atomic mass is 32.1. The van der Waals surface area contributed by atoms with Crippen molar-refractivity contribution >= 4 is 45.0 Å². The normalized spacial score (nSPS) is 15.4. The number of aromatic nitrogens is 4. The molecule has 35 heavy (non-hydrogen) atoms. The van der Waals surface area contributed by atoms with E-state index in [0.717, 1.165) is 22.3 Å². The molecule has 4 heterocycles. The van der Waals surface area contributed by atoms with Gasteiger partial charge in [0.1, 0.15) is 28.8 Å². The molecule has 1 aliphatic heterocycles. The zero-order valence-corrected chi connectivity index (χ0v) is 20.3. The van der Waals surface area contributed by atoms with Gasteiger partial charge in [-0.05, 0) is 24.3 Å². The molecule has 1 aliphatic rings. The van der Waals surface area contributed by atoms with E-state index < -0.39 is 6.04 Å². The molecule has 11 nitrogen and oxygen atoms in total. The number of anilines is 3. The summed E-state index contributed by atoms with van der Waals surface area (Å²) in [6.45, 7) is 0.680. The first-order chi connectivity index (χ1) is 17.0.